The van der Waals surface area contributed by atoms with E-state index in [1.807, 2.05) is 25.2 Å². The van der Waals surface area contributed by atoms with Crippen molar-refractivity contribution >= 4 is 21.7 Å². The highest BCUT2D eigenvalue weighted by atomic mass is 79.9. The molecule has 0 N–H and O–H groups in total. The summed E-state index contributed by atoms with van der Waals surface area (Å²) in [5.74, 6) is 0.873. The van der Waals surface area contributed by atoms with E-state index in [0.29, 0.717) is 18.2 Å². The SMILES string of the molecule is CCCC(C)N(C)CC(=O)c1ccc(OC)c(Br)c1. The Morgan fingerprint density at radius 3 is 2.68 bits per heavy atom. The van der Waals surface area contributed by atoms with Crippen molar-refractivity contribution in [2.24, 2.45) is 0 Å². The summed E-state index contributed by atoms with van der Waals surface area (Å²) in [4.78, 5) is 14.3. The van der Waals surface area contributed by atoms with Crippen LogP contribution in [-0.4, -0.2) is 37.4 Å². The molecule has 0 saturated carbocycles. The van der Waals surface area contributed by atoms with Crippen LogP contribution >= 0.6 is 15.9 Å². The first-order valence-electron chi connectivity index (χ1n) is 6.56. The number of rotatable bonds is 7. The fourth-order valence-corrected chi connectivity index (χ4v) is 2.49. The van der Waals surface area contributed by atoms with Gasteiger partial charge in [-0.2, -0.15) is 0 Å². The van der Waals surface area contributed by atoms with Gasteiger partial charge >= 0.3 is 0 Å². The number of methoxy groups -OCH3 is 1. The first-order chi connectivity index (χ1) is 8.99. The summed E-state index contributed by atoms with van der Waals surface area (Å²) >= 11 is 3.40. The third kappa shape index (κ3) is 4.62. The van der Waals surface area contributed by atoms with Crippen LogP contribution in [0.2, 0.25) is 0 Å². The Balaban J connectivity index is 2.70. The fourth-order valence-electron chi connectivity index (χ4n) is 1.95. The van der Waals surface area contributed by atoms with Crippen LogP contribution in [-0.2, 0) is 0 Å². The standard InChI is InChI=1S/C15H22BrNO2/c1-5-6-11(2)17(3)10-14(18)12-7-8-15(19-4)13(16)9-12/h7-9,11H,5-6,10H2,1-4H3. The molecule has 0 amide bonds. The van der Waals surface area contributed by atoms with Crippen LogP contribution in [0.15, 0.2) is 22.7 Å². The molecule has 4 heteroatoms. The van der Waals surface area contributed by atoms with Crippen LogP contribution in [0.5, 0.6) is 5.75 Å². The minimum atomic E-state index is 0.133. The molecule has 0 fully saturated rings. The zero-order valence-electron chi connectivity index (χ0n) is 12.1. The van der Waals surface area contributed by atoms with Gasteiger partial charge in [0.15, 0.2) is 5.78 Å². The molecular weight excluding hydrogens is 306 g/mol. The lowest BCUT2D eigenvalue weighted by molar-refractivity contribution is 0.0921. The quantitative estimate of drug-likeness (QED) is 0.714. The number of ketones is 1. The highest BCUT2D eigenvalue weighted by Crippen LogP contribution is 2.25. The number of hydrogen-bond acceptors (Lipinski definition) is 3. The van der Waals surface area contributed by atoms with Crippen molar-refractivity contribution in [3.8, 4) is 5.75 Å². The monoisotopic (exact) mass is 327 g/mol. The molecule has 1 aromatic carbocycles. The summed E-state index contributed by atoms with van der Waals surface area (Å²) in [6.07, 6.45) is 2.24. The molecule has 19 heavy (non-hydrogen) atoms. The van der Waals surface area contributed by atoms with E-state index in [-0.39, 0.29) is 5.78 Å². The first kappa shape index (κ1) is 16.2. The predicted octanol–water partition coefficient (Wildman–Crippen LogP) is 3.76. The van der Waals surface area contributed by atoms with Gasteiger partial charge < -0.3 is 4.74 Å². The minimum absolute atomic E-state index is 0.133. The smallest absolute Gasteiger partial charge is 0.176 e. The van der Waals surface area contributed by atoms with Gasteiger partial charge in [-0.25, -0.2) is 0 Å². The lowest BCUT2D eigenvalue weighted by Crippen LogP contribution is -2.33. The van der Waals surface area contributed by atoms with Gasteiger partial charge in [0, 0.05) is 11.6 Å². The molecule has 1 rings (SSSR count). The van der Waals surface area contributed by atoms with Crippen LogP contribution in [0.25, 0.3) is 0 Å². The molecule has 0 aliphatic rings. The maximum absolute atomic E-state index is 12.2. The predicted molar refractivity (Wildman–Crippen MR) is 82.0 cm³/mol. The average molecular weight is 328 g/mol. The van der Waals surface area contributed by atoms with Crippen molar-refractivity contribution in [2.45, 2.75) is 32.7 Å². The molecule has 0 saturated heterocycles. The van der Waals surface area contributed by atoms with Crippen LogP contribution in [0.1, 0.15) is 37.0 Å². The number of benzene rings is 1. The largest absolute Gasteiger partial charge is 0.496 e. The molecule has 3 nitrogen and oxygen atoms in total. The lowest BCUT2D eigenvalue weighted by Gasteiger charge is -2.23. The van der Waals surface area contributed by atoms with E-state index in [4.69, 9.17) is 4.74 Å². The van der Waals surface area contributed by atoms with E-state index in [9.17, 15) is 4.79 Å². The molecule has 0 aliphatic heterocycles. The molecular formula is C15H22BrNO2. The van der Waals surface area contributed by atoms with Gasteiger partial charge in [-0.15, -0.1) is 0 Å². The minimum Gasteiger partial charge on any atom is -0.496 e. The van der Waals surface area contributed by atoms with Crippen molar-refractivity contribution in [1.29, 1.82) is 0 Å². The Morgan fingerprint density at radius 2 is 2.16 bits per heavy atom. The number of halogens is 1. The zero-order valence-corrected chi connectivity index (χ0v) is 13.7. The maximum Gasteiger partial charge on any atom is 0.176 e. The average Bonchev–Trinajstić information content (AvgIpc) is 2.38. The third-order valence-corrected chi connectivity index (χ3v) is 3.95. The highest BCUT2D eigenvalue weighted by molar-refractivity contribution is 9.10. The van der Waals surface area contributed by atoms with Crippen molar-refractivity contribution in [1.82, 2.24) is 4.90 Å². The molecule has 106 valence electrons. The van der Waals surface area contributed by atoms with Gasteiger partial charge in [-0.1, -0.05) is 13.3 Å². The lowest BCUT2D eigenvalue weighted by atomic mass is 10.1. The highest BCUT2D eigenvalue weighted by Gasteiger charge is 2.14. The van der Waals surface area contributed by atoms with Gasteiger partial charge in [0.05, 0.1) is 18.1 Å². The second kappa shape index (κ2) is 7.65. The Hall–Kier alpha value is -0.870. The Kier molecular flexibility index (Phi) is 6.52. The number of carbonyl (C=O) groups is 1. The summed E-state index contributed by atoms with van der Waals surface area (Å²) in [6.45, 7) is 4.76. The van der Waals surface area contributed by atoms with E-state index >= 15 is 0 Å². The van der Waals surface area contributed by atoms with Gasteiger partial charge in [0.2, 0.25) is 0 Å². The van der Waals surface area contributed by atoms with Crippen molar-refractivity contribution in [3.63, 3.8) is 0 Å². The molecule has 0 bridgehead atoms. The van der Waals surface area contributed by atoms with Crippen molar-refractivity contribution in [3.05, 3.63) is 28.2 Å². The summed E-state index contributed by atoms with van der Waals surface area (Å²) in [6, 6.07) is 5.87. The summed E-state index contributed by atoms with van der Waals surface area (Å²) in [5.41, 5.74) is 0.711. The third-order valence-electron chi connectivity index (χ3n) is 3.33. The van der Waals surface area contributed by atoms with Crippen LogP contribution < -0.4 is 4.74 Å². The molecule has 0 heterocycles. The van der Waals surface area contributed by atoms with E-state index in [2.05, 4.69) is 34.7 Å². The number of nitrogens with zero attached hydrogens (tertiary/aromatic N) is 1. The Morgan fingerprint density at radius 1 is 1.47 bits per heavy atom. The number of ether oxygens (including phenoxy) is 1. The van der Waals surface area contributed by atoms with Gasteiger partial charge in [-0.3, -0.25) is 9.69 Å². The van der Waals surface area contributed by atoms with Crippen molar-refractivity contribution in [2.75, 3.05) is 20.7 Å². The van der Waals surface area contributed by atoms with E-state index in [1.54, 1.807) is 7.11 Å². The van der Waals surface area contributed by atoms with E-state index in [1.165, 1.54) is 0 Å². The van der Waals surface area contributed by atoms with Crippen molar-refractivity contribution < 1.29 is 9.53 Å². The van der Waals surface area contributed by atoms with E-state index in [0.717, 1.165) is 23.1 Å². The molecule has 1 atom stereocenters. The first-order valence-corrected chi connectivity index (χ1v) is 7.35. The zero-order chi connectivity index (χ0) is 14.4. The van der Waals surface area contributed by atoms with Gasteiger partial charge in [-0.05, 0) is 54.5 Å². The van der Waals surface area contributed by atoms with Crippen LogP contribution in [0.4, 0.5) is 0 Å². The molecule has 0 aromatic heterocycles. The Labute approximate surface area is 124 Å². The molecule has 0 radical (unpaired) electrons. The van der Waals surface area contributed by atoms with Crippen LogP contribution in [0.3, 0.4) is 0 Å². The van der Waals surface area contributed by atoms with E-state index < -0.39 is 0 Å². The second-order valence-corrected chi connectivity index (χ2v) is 5.68. The molecule has 1 aromatic rings. The molecule has 1 unspecified atom stereocenters. The summed E-state index contributed by atoms with van der Waals surface area (Å²) < 4.78 is 5.97. The van der Waals surface area contributed by atoms with Crippen LogP contribution in [0, 0.1) is 0 Å². The summed E-state index contributed by atoms with van der Waals surface area (Å²) in [7, 11) is 3.61. The number of carbonyl (C=O) groups excluding carboxylic acids is 1. The second-order valence-electron chi connectivity index (χ2n) is 4.83. The molecule has 0 spiro atoms. The fraction of sp³-hybridized carbons (Fsp3) is 0.533. The number of hydrogen-bond donors (Lipinski definition) is 0. The normalized spacial score (nSPS) is 12.5. The number of likely N-dealkylation sites (N-methyl/N-ethyl adjacent to an activating group) is 1. The number of Topliss-reactive ketones (excluding diaryl/α,β-unsaturated/α-hetero) is 1. The molecule has 0 aliphatic carbocycles. The van der Waals surface area contributed by atoms with Gasteiger partial charge in [0.25, 0.3) is 0 Å². The topological polar surface area (TPSA) is 29.5 Å². The summed E-state index contributed by atoms with van der Waals surface area (Å²) in [5, 5.41) is 0. The van der Waals surface area contributed by atoms with Gasteiger partial charge in [0.1, 0.15) is 5.75 Å². The maximum atomic E-state index is 12.2. The Bertz CT molecular complexity index is 434.